The highest BCUT2D eigenvalue weighted by molar-refractivity contribution is 6.08. The lowest BCUT2D eigenvalue weighted by Gasteiger charge is -2.27. The van der Waals surface area contributed by atoms with Crippen LogP contribution in [0, 0.1) is 0 Å². The van der Waals surface area contributed by atoms with Gasteiger partial charge in [-0.3, -0.25) is 14.7 Å². The molecule has 0 aliphatic carbocycles. The molecule has 2 N–H and O–H groups in total. The predicted octanol–water partition coefficient (Wildman–Crippen LogP) is 7.21. The Hall–Kier alpha value is -4.49. The van der Waals surface area contributed by atoms with E-state index in [1.54, 1.807) is 37.1 Å². The highest BCUT2D eigenvalue weighted by Gasteiger charge is 2.23. The average Bonchev–Trinajstić information content (AvgIpc) is 2.92. The van der Waals surface area contributed by atoms with Crippen LogP contribution in [0.15, 0.2) is 97.2 Å². The number of hydrogen-bond acceptors (Lipinski definition) is 5. The van der Waals surface area contributed by atoms with E-state index >= 15 is 0 Å². The van der Waals surface area contributed by atoms with Crippen LogP contribution in [0.5, 0.6) is 0 Å². The van der Waals surface area contributed by atoms with Gasteiger partial charge in [-0.15, -0.1) is 0 Å². The zero-order valence-corrected chi connectivity index (χ0v) is 24.2. The van der Waals surface area contributed by atoms with Crippen LogP contribution in [0.1, 0.15) is 56.2 Å². The molecule has 0 bridgehead atoms. The number of ether oxygens (including phenoxy) is 1. The van der Waals surface area contributed by atoms with Crippen LogP contribution in [0.4, 0.5) is 16.2 Å². The standard InChI is InChI=1S/C34H37N3O4/c1-33(2,3)41-32(39)37(28-11-7-6-8-12-28)22-20-26-23-27(19-21-35-26)36-31(38)30-14-10-9-13-29(30)24-15-17-25(18-16-24)34(4,5)40/h6-19,21,23,40H,20,22H2,1-5H3,(H,35,36,38). The Bertz CT molecular complexity index is 1490. The van der Waals surface area contributed by atoms with Crippen LogP contribution in [0.25, 0.3) is 11.1 Å². The molecule has 0 fully saturated rings. The summed E-state index contributed by atoms with van der Waals surface area (Å²) in [5.74, 6) is -0.246. The summed E-state index contributed by atoms with van der Waals surface area (Å²) in [5, 5.41) is 13.3. The first-order valence-corrected chi connectivity index (χ1v) is 13.6. The third-order valence-corrected chi connectivity index (χ3v) is 6.42. The van der Waals surface area contributed by atoms with Gasteiger partial charge in [0.05, 0.1) is 5.60 Å². The third kappa shape index (κ3) is 8.02. The van der Waals surface area contributed by atoms with Crippen molar-refractivity contribution in [1.29, 1.82) is 0 Å². The third-order valence-electron chi connectivity index (χ3n) is 6.42. The maximum atomic E-state index is 13.4. The van der Waals surface area contributed by atoms with E-state index in [2.05, 4.69) is 10.3 Å². The molecule has 0 radical (unpaired) electrons. The van der Waals surface area contributed by atoms with Crippen molar-refractivity contribution in [2.45, 2.75) is 52.2 Å². The number of para-hydroxylation sites is 1. The maximum Gasteiger partial charge on any atom is 0.414 e. The number of benzene rings is 3. The molecule has 0 aliphatic rings. The second-order valence-corrected chi connectivity index (χ2v) is 11.4. The minimum atomic E-state index is -0.945. The zero-order chi connectivity index (χ0) is 29.6. The number of aromatic nitrogens is 1. The monoisotopic (exact) mass is 551 g/mol. The van der Waals surface area contributed by atoms with Crippen molar-refractivity contribution in [3.63, 3.8) is 0 Å². The van der Waals surface area contributed by atoms with Gasteiger partial charge in [0.2, 0.25) is 0 Å². The van der Waals surface area contributed by atoms with Crippen molar-refractivity contribution in [3.05, 3.63) is 114 Å². The summed E-state index contributed by atoms with van der Waals surface area (Å²) in [6.45, 7) is 9.35. The predicted molar refractivity (Wildman–Crippen MR) is 163 cm³/mol. The maximum absolute atomic E-state index is 13.4. The molecule has 0 atom stereocenters. The van der Waals surface area contributed by atoms with Crippen molar-refractivity contribution in [1.82, 2.24) is 4.98 Å². The van der Waals surface area contributed by atoms with Crippen molar-refractivity contribution in [2.75, 3.05) is 16.8 Å². The van der Waals surface area contributed by atoms with Crippen molar-refractivity contribution < 1.29 is 19.4 Å². The Labute approximate surface area is 241 Å². The van der Waals surface area contributed by atoms with Gasteiger partial charge < -0.3 is 15.2 Å². The van der Waals surface area contributed by atoms with Crippen LogP contribution in [-0.2, 0) is 16.8 Å². The van der Waals surface area contributed by atoms with Crippen LogP contribution < -0.4 is 10.2 Å². The van der Waals surface area contributed by atoms with Gasteiger partial charge >= 0.3 is 6.09 Å². The zero-order valence-electron chi connectivity index (χ0n) is 24.2. The largest absolute Gasteiger partial charge is 0.443 e. The summed E-state index contributed by atoms with van der Waals surface area (Å²) in [4.78, 5) is 32.4. The average molecular weight is 552 g/mol. The molecule has 41 heavy (non-hydrogen) atoms. The van der Waals surface area contributed by atoms with Gasteiger partial charge in [-0.1, -0.05) is 60.7 Å². The van der Waals surface area contributed by atoms with Gasteiger partial charge in [0.15, 0.2) is 0 Å². The molecule has 2 amide bonds. The Kier molecular flexibility index (Phi) is 8.89. The van der Waals surface area contributed by atoms with Gasteiger partial charge in [0, 0.05) is 41.8 Å². The number of rotatable bonds is 8. The molecule has 3 aromatic carbocycles. The van der Waals surface area contributed by atoms with Crippen LogP contribution in [0.3, 0.4) is 0 Å². The fourth-order valence-corrected chi connectivity index (χ4v) is 4.36. The van der Waals surface area contributed by atoms with Crippen LogP contribution >= 0.6 is 0 Å². The minimum Gasteiger partial charge on any atom is -0.443 e. The molecule has 7 heteroatoms. The molecule has 7 nitrogen and oxygen atoms in total. The smallest absolute Gasteiger partial charge is 0.414 e. The molecule has 1 heterocycles. The summed E-state index contributed by atoms with van der Waals surface area (Å²) >= 11 is 0. The van der Waals surface area contributed by atoms with Crippen molar-refractivity contribution in [3.8, 4) is 11.1 Å². The minimum absolute atomic E-state index is 0.246. The second-order valence-electron chi connectivity index (χ2n) is 11.4. The highest BCUT2D eigenvalue weighted by Crippen LogP contribution is 2.28. The summed E-state index contributed by atoms with van der Waals surface area (Å²) in [5.41, 5.74) is 3.49. The quantitative estimate of drug-likeness (QED) is 0.241. The van der Waals surface area contributed by atoms with E-state index in [0.29, 0.717) is 24.2 Å². The fraction of sp³-hybridized carbons (Fsp3) is 0.265. The lowest BCUT2D eigenvalue weighted by molar-refractivity contribution is 0.0580. The first-order chi connectivity index (χ1) is 19.4. The van der Waals surface area contributed by atoms with E-state index in [1.807, 2.05) is 99.6 Å². The SMILES string of the molecule is CC(C)(C)OC(=O)N(CCc1cc(NC(=O)c2ccccc2-c2ccc(C(C)(C)O)cc2)ccn1)c1ccccc1. The van der Waals surface area contributed by atoms with Gasteiger partial charge in [-0.25, -0.2) is 4.79 Å². The van der Waals surface area contributed by atoms with E-state index in [9.17, 15) is 14.7 Å². The number of hydrogen-bond donors (Lipinski definition) is 2. The van der Waals surface area contributed by atoms with E-state index < -0.39 is 17.3 Å². The Morgan fingerprint density at radius 2 is 1.54 bits per heavy atom. The van der Waals surface area contributed by atoms with Crippen LogP contribution in [-0.4, -0.2) is 34.2 Å². The Morgan fingerprint density at radius 1 is 0.878 bits per heavy atom. The molecule has 1 aromatic heterocycles. The number of amides is 2. The molecular weight excluding hydrogens is 514 g/mol. The molecule has 0 spiro atoms. The van der Waals surface area contributed by atoms with E-state index in [-0.39, 0.29) is 5.91 Å². The topological polar surface area (TPSA) is 91.8 Å². The second kappa shape index (κ2) is 12.4. The Morgan fingerprint density at radius 3 is 2.20 bits per heavy atom. The summed E-state index contributed by atoms with van der Waals surface area (Å²) in [6, 6.07) is 27.9. The number of carbonyl (C=O) groups is 2. The first kappa shape index (κ1) is 29.5. The van der Waals surface area contributed by atoms with Gasteiger partial charge in [-0.05, 0) is 81.6 Å². The summed E-state index contributed by atoms with van der Waals surface area (Å²) < 4.78 is 5.64. The van der Waals surface area contributed by atoms with E-state index in [4.69, 9.17) is 4.74 Å². The van der Waals surface area contributed by atoms with E-state index in [0.717, 1.165) is 28.1 Å². The molecule has 0 aliphatic heterocycles. The lowest BCUT2D eigenvalue weighted by atomic mass is 9.93. The molecule has 0 unspecified atom stereocenters. The summed E-state index contributed by atoms with van der Waals surface area (Å²) in [7, 11) is 0. The first-order valence-electron chi connectivity index (χ1n) is 13.6. The molecule has 4 rings (SSSR count). The highest BCUT2D eigenvalue weighted by atomic mass is 16.6. The van der Waals surface area contributed by atoms with Crippen molar-refractivity contribution >= 4 is 23.4 Å². The molecule has 0 saturated heterocycles. The van der Waals surface area contributed by atoms with Gasteiger partial charge in [-0.2, -0.15) is 0 Å². The lowest BCUT2D eigenvalue weighted by Crippen LogP contribution is -2.38. The van der Waals surface area contributed by atoms with Gasteiger partial charge in [0.1, 0.15) is 5.60 Å². The van der Waals surface area contributed by atoms with Crippen molar-refractivity contribution in [2.24, 2.45) is 0 Å². The van der Waals surface area contributed by atoms with E-state index in [1.165, 1.54) is 0 Å². The molecular formula is C34H37N3O4. The fourth-order valence-electron chi connectivity index (χ4n) is 4.36. The van der Waals surface area contributed by atoms with Crippen LogP contribution in [0.2, 0.25) is 0 Å². The summed E-state index contributed by atoms with van der Waals surface area (Å²) in [6.07, 6.45) is 1.68. The number of carbonyl (C=O) groups excluding carboxylic acids is 2. The molecule has 4 aromatic rings. The normalized spacial score (nSPS) is 11.6. The number of pyridine rings is 1. The number of nitrogens with one attached hydrogen (secondary N) is 1. The number of nitrogens with zero attached hydrogens (tertiary/aromatic N) is 2. The molecule has 212 valence electrons. The molecule has 0 saturated carbocycles. The number of anilines is 2. The number of aliphatic hydroxyl groups is 1. The Balaban J connectivity index is 1.49. The van der Waals surface area contributed by atoms with Gasteiger partial charge in [0.25, 0.3) is 5.91 Å².